The number of benzene rings is 1. The SMILES string of the molecule is CC(N)C(=O)NC(CCC(N)=O)C(=O)NC(Cc1c[nH]c2ccccc12)C(=O)NCC(=O)O. The first kappa shape index (κ1) is 25.3. The van der Waals surface area contributed by atoms with Crippen molar-refractivity contribution in [1.82, 2.24) is 20.9 Å². The van der Waals surface area contributed by atoms with E-state index >= 15 is 0 Å². The topological polar surface area (TPSA) is 209 Å². The van der Waals surface area contributed by atoms with Crippen molar-refractivity contribution in [1.29, 1.82) is 0 Å². The van der Waals surface area contributed by atoms with Crippen LogP contribution in [-0.4, -0.2) is 64.4 Å². The van der Waals surface area contributed by atoms with Crippen LogP contribution in [0.4, 0.5) is 0 Å². The van der Waals surface area contributed by atoms with Crippen molar-refractivity contribution < 1.29 is 29.1 Å². The zero-order chi connectivity index (χ0) is 24.5. The number of carboxylic acids is 1. The summed E-state index contributed by atoms with van der Waals surface area (Å²) >= 11 is 0. The Balaban J connectivity index is 2.24. The monoisotopic (exact) mass is 460 g/mol. The summed E-state index contributed by atoms with van der Waals surface area (Å²) in [5.74, 6) is -3.99. The largest absolute Gasteiger partial charge is 0.480 e. The van der Waals surface area contributed by atoms with E-state index in [1.54, 1.807) is 6.20 Å². The smallest absolute Gasteiger partial charge is 0.322 e. The van der Waals surface area contributed by atoms with Gasteiger partial charge in [0, 0.05) is 29.9 Å². The molecule has 4 amide bonds. The van der Waals surface area contributed by atoms with Crippen LogP contribution in [0.2, 0.25) is 0 Å². The molecule has 2 rings (SSSR count). The Labute approximate surface area is 189 Å². The second kappa shape index (κ2) is 11.6. The minimum Gasteiger partial charge on any atom is -0.480 e. The first-order valence-corrected chi connectivity index (χ1v) is 10.3. The van der Waals surface area contributed by atoms with Crippen molar-refractivity contribution in [2.75, 3.05) is 6.54 Å². The fourth-order valence-corrected chi connectivity index (χ4v) is 3.15. The van der Waals surface area contributed by atoms with Gasteiger partial charge in [-0.1, -0.05) is 18.2 Å². The number of para-hydroxylation sites is 1. The van der Waals surface area contributed by atoms with Crippen LogP contribution in [0, 0.1) is 0 Å². The van der Waals surface area contributed by atoms with Crippen LogP contribution < -0.4 is 27.4 Å². The molecule has 0 fully saturated rings. The summed E-state index contributed by atoms with van der Waals surface area (Å²) in [6.07, 6.45) is 1.45. The van der Waals surface area contributed by atoms with E-state index < -0.39 is 54.3 Å². The highest BCUT2D eigenvalue weighted by molar-refractivity contribution is 5.94. The molecule has 1 aromatic heterocycles. The van der Waals surface area contributed by atoms with E-state index in [1.807, 2.05) is 24.3 Å². The van der Waals surface area contributed by atoms with Gasteiger partial charge >= 0.3 is 5.97 Å². The van der Waals surface area contributed by atoms with Gasteiger partial charge in [0.25, 0.3) is 0 Å². The Kier molecular flexibility index (Phi) is 8.92. The van der Waals surface area contributed by atoms with Gasteiger partial charge in [0.1, 0.15) is 18.6 Å². The number of aromatic nitrogens is 1. The third kappa shape index (κ3) is 7.61. The number of nitrogens with two attached hydrogens (primary N) is 2. The predicted molar refractivity (Wildman–Crippen MR) is 119 cm³/mol. The van der Waals surface area contributed by atoms with E-state index in [2.05, 4.69) is 20.9 Å². The van der Waals surface area contributed by atoms with Crippen molar-refractivity contribution in [3.8, 4) is 0 Å². The molecule has 0 saturated carbocycles. The zero-order valence-corrected chi connectivity index (χ0v) is 18.1. The number of fused-ring (bicyclic) bond motifs is 1. The van der Waals surface area contributed by atoms with Crippen LogP contribution in [0.25, 0.3) is 10.9 Å². The molecule has 0 bridgehead atoms. The van der Waals surface area contributed by atoms with E-state index in [0.717, 1.165) is 16.5 Å². The molecule has 33 heavy (non-hydrogen) atoms. The summed E-state index contributed by atoms with van der Waals surface area (Å²) in [6.45, 7) is 0.795. The number of carbonyl (C=O) groups is 5. The van der Waals surface area contributed by atoms with Crippen LogP contribution in [0.3, 0.4) is 0 Å². The molecule has 12 nitrogen and oxygen atoms in total. The summed E-state index contributed by atoms with van der Waals surface area (Å²) in [5, 5.41) is 16.9. The number of primary amides is 1. The molecule has 0 saturated heterocycles. The molecule has 0 aliphatic rings. The van der Waals surface area contributed by atoms with Gasteiger partial charge in [-0.3, -0.25) is 24.0 Å². The first-order chi connectivity index (χ1) is 15.6. The molecular weight excluding hydrogens is 432 g/mol. The number of hydrogen-bond acceptors (Lipinski definition) is 6. The number of aromatic amines is 1. The van der Waals surface area contributed by atoms with Crippen LogP contribution in [0.15, 0.2) is 30.5 Å². The highest BCUT2D eigenvalue weighted by Gasteiger charge is 2.28. The Hall–Kier alpha value is -3.93. The number of carbonyl (C=O) groups excluding carboxylic acids is 4. The summed E-state index contributed by atoms with van der Waals surface area (Å²) in [4.78, 5) is 62.8. The van der Waals surface area contributed by atoms with Crippen molar-refractivity contribution in [3.05, 3.63) is 36.0 Å². The molecule has 12 heteroatoms. The van der Waals surface area contributed by atoms with Gasteiger partial charge in [-0.2, -0.15) is 0 Å². The van der Waals surface area contributed by atoms with Gasteiger partial charge in [0.05, 0.1) is 6.04 Å². The van der Waals surface area contributed by atoms with Gasteiger partial charge in [-0.05, 0) is 25.0 Å². The number of amides is 4. The fourth-order valence-electron chi connectivity index (χ4n) is 3.15. The molecule has 3 unspecified atom stereocenters. The molecular formula is C21H28N6O6. The fraction of sp³-hybridized carbons (Fsp3) is 0.381. The van der Waals surface area contributed by atoms with Gasteiger partial charge in [-0.25, -0.2) is 0 Å². The lowest BCUT2D eigenvalue weighted by Crippen LogP contribution is -2.56. The summed E-state index contributed by atoms with van der Waals surface area (Å²) in [6, 6.07) is 4.11. The van der Waals surface area contributed by atoms with E-state index in [1.165, 1.54) is 6.92 Å². The predicted octanol–water partition coefficient (Wildman–Crippen LogP) is -1.51. The van der Waals surface area contributed by atoms with Crippen molar-refractivity contribution >= 4 is 40.5 Å². The Bertz CT molecular complexity index is 1030. The van der Waals surface area contributed by atoms with Crippen LogP contribution in [0.5, 0.6) is 0 Å². The summed E-state index contributed by atoms with van der Waals surface area (Å²) in [7, 11) is 0. The van der Waals surface area contributed by atoms with Gasteiger partial charge in [-0.15, -0.1) is 0 Å². The molecule has 1 aromatic carbocycles. The Morgan fingerprint density at radius 1 is 1.03 bits per heavy atom. The zero-order valence-electron chi connectivity index (χ0n) is 18.1. The van der Waals surface area contributed by atoms with E-state index in [0.29, 0.717) is 0 Å². The van der Waals surface area contributed by atoms with E-state index in [9.17, 15) is 24.0 Å². The Morgan fingerprint density at radius 3 is 2.33 bits per heavy atom. The van der Waals surface area contributed by atoms with Crippen LogP contribution in [-0.2, 0) is 30.4 Å². The molecule has 0 aliphatic heterocycles. The first-order valence-electron chi connectivity index (χ1n) is 10.3. The third-order valence-electron chi connectivity index (χ3n) is 4.87. The minimum absolute atomic E-state index is 0.0466. The Morgan fingerprint density at radius 2 is 1.70 bits per heavy atom. The lowest BCUT2D eigenvalue weighted by Gasteiger charge is -2.23. The molecule has 178 valence electrons. The number of rotatable bonds is 12. The number of H-pyrrole nitrogens is 1. The molecule has 9 N–H and O–H groups in total. The maximum Gasteiger partial charge on any atom is 0.322 e. The highest BCUT2D eigenvalue weighted by Crippen LogP contribution is 2.19. The summed E-state index contributed by atoms with van der Waals surface area (Å²) < 4.78 is 0. The maximum absolute atomic E-state index is 12.9. The normalized spacial score (nSPS) is 13.5. The van der Waals surface area contributed by atoms with E-state index in [4.69, 9.17) is 16.6 Å². The second-order valence-corrected chi connectivity index (χ2v) is 7.59. The van der Waals surface area contributed by atoms with Crippen LogP contribution >= 0.6 is 0 Å². The molecule has 0 aliphatic carbocycles. The average Bonchev–Trinajstić information content (AvgIpc) is 3.16. The number of hydrogen-bond donors (Lipinski definition) is 7. The van der Waals surface area contributed by atoms with Gasteiger partial charge in [0.15, 0.2) is 0 Å². The van der Waals surface area contributed by atoms with Crippen molar-refractivity contribution in [2.24, 2.45) is 11.5 Å². The standard InChI is InChI=1S/C21H28N6O6/c1-11(22)19(31)26-15(6-7-17(23)28)21(33)27-16(20(32)25-10-18(29)30)8-12-9-24-14-5-3-2-4-13(12)14/h2-5,9,11,15-16,24H,6-8,10,22H2,1H3,(H2,23,28)(H,25,32)(H,26,31)(H,27,33)(H,29,30). The molecule has 0 spiro atoms. The molecule has 1 heterocycles. The van der Waals surface area contributed by atoms with Crippen molar-refractivity contribution in [3.63, 3.8) is 0 Å². The highest BCUT2D eigenvalue weighted by atomic mass is 16.4. The van der Waals surface area contributed by atoms with Crippen LogP contribution in [0.1, 0.15) is 25.3 Å². The number of nitrogens with one attached hydrogen (secondary N) is 4. The maximum atomic E-state index is 12.9. The number of carboxylic acid groups (broad SMARTS) is 1. The summed E-state index contributed by atoms with van der Waals surface area (Å²) in [5.41, 5.74) is 12.2. The molecule has 0 radical (unpaired) electrons. The van der Waals surface area contributed by atoms with Crippen molar-refractivity contribution in [2.45, 2.75) is 44.3 Å². The number of aliphatic carboxylic acids is 1. The molecule has 3 atom stereocenters. The second-order valence-electron chi connectivity index (χ2n) is 7.59. The lowest BCUT2D eigenvalue weighted by molar-refractivity contribution is -0.138. The average molecular weight is 460 g/mol. The van der Waals surface area contributed by atoms with Gasteiger partial charge < -0.3 is 37.5 Å². The van der Waals surface area contributed by atoms with E-state index in [-0.39, 0.29) is 19.3 Å². The third-order valence-corrected chi connectivity index (χ3v) is 4.87. The van der Waals surface area contributed by atoms with Gasteiger partial charge in [0.2, 0.25) is 23.6 Å². The minimum atomic E-state index is -1.25. The molecule has 2 aromatic rings. The lowest BCUT2D eigenvalue weighted by atomic mass is 10.0. The quantitative estimate of drug-likeness (QED) is 0.199.